The fourth-order valence-electron chi connectivity index (χ4n) is 2.94. The summed E-state index contributed by atoms with van der Waals surface area (Å²) in [4.78, 5) is 19.0. The van der Waals surface area contributed by atoms with Crippen molar-refractivity contribution < 1.29 is 19.0 Å². The van der Waals surface area contributed by atoms with Crippen molar-refractivity contribution >= 4 is 29.0 Å². The average molecular weight is 438 g/mol. The third-order valence-electron chi connectivity index (χ3n) is 4.50. The first kappa shape index (κ1) is 21.9. The third-order valence-corrected chi connectivity index (χ3v) is 6.64. The van der Waals surface area contributed by atoms with Crippen molar-refractivity contribution in [2.45, 2.75) is 16.5 Å². The normalized spacial score (nSPS) is 14.6. The highest BCUT2D eigenvalue weighted by molar-refractivity contribution is 8.00. The lowest BCUT2D eigenvalue weighted by Gasteiger charge is -2.26. The van der Waals surface area contributed by atoms with Crippen LogP contribution in [0.25, 0.3) is 0 Å². The van der Waals surface area contributed by atoms with E-state index in [1.54, 1.807) is 37.3 Å². The lowest BCUT2D eigenvalue weighted by Crippen LogP contribution is -2.41. The minimum atomic E-state index is 0.0117. The van der Waals surface area contributed by atoms with Crippen molar-refractivity contribution in [1.29, 1.82) is 0 Å². The molecular weight excluding hydrogens is 410 g/mol. The molecule has 1 fully saturated rings. The van der Waals surface area contributed by atoms with E-state index in [9.17, 15) is 4.79 Å². The summed E-state index contributed by atoms with van der Waals surface area (Å²) in [5, 5.41) is 4.93. The van der Waals surface area contributed by atoms with Crippen LogP contribution in [0.1, 0.15) is 11.3 Å². The van der Waals surface area contributed by atoms with Gasteiger partial charge in [-0.05, 0) is 17.7 Å². The maximum atomic E-state index is 12.2. The highest BCUT2D eigenvalue weighted by Crippen LogP contribution is 2.30. The van der Waals surface area contributed by atoms with Gasteiger partial charge in [0, 0.05) is 43.4 Å². The quantitative estimate of drug-likeness (QED) is 0.573. The van der Waals surface area contributed by atoms with E-state index < -0.39 is 0 Å². The zero-order valence-corrected chi connectivity index (χ0v) is 18.4. The van der Waals surface area contributed by atoms with E-state index >= 15 is 0 Å². The van der Waals surface area contributed by atoms with Crippen LogP contribution in [0.3, 0.4) is 0 Å². The Balaban J connectivity index is 1.42. The Kier molecular flexibility index (Phi) is 8.60. The molecule has 1 aromatic heterocycles. The Labute approximate surface area is 179 Å². The van der Waals surface area contributed by atoms with Gasteiger partial charge in [0.25, 0.3) is 0 Å². The van der Waals surface area contributed by atoms with Gasteiger partial charge < -0.3 is 19.5 Å². The molecule has 9 heteroatoms. The molecule has 0 atom stereocenters. The monoisotopic (exact) mass is 437 g/mol. The van der Waals surface area contributed by atoms with Gasteiger partial charge in [0.15, 0.2) is 0 Å². The molecule has 1 aromatic carbocycles. The lowest BCUT2D eigenvalue weighted by atomic mass is 10.2. The molecule has 3 rings (SSSR count). The number of carbonyl (C=O) groups is 1. The van der Waals surface area contributed by atoms with E-state index in [-0.39, 0.29) is 5.91 Å². The molecule has 0 bridgehead atoms. The first-order valence-corrected chi connectivity index (χ1v) is 11.4. The van der Waals surface area contributed by atoms with Crippen LogP contribution in [-0.4, -0.2) is 69.4 Å². The van der Waals surface area contributed by atoms with Crippen LogP contribution >= 0.6 is 23.1 Å². The second-order valence-electron chi connectivity index (χ2n) is 6.60. The van der Waals surface area contributed by atoms with E-state index in [2.05, 4.69) is 15.2 Å². The van der Waals surface area contributed by atoms with Gasteiger partial charge in [-0.1, -0.05) is 11.8 Å². The molecule has 2 aromatic rings. The van der Waals surface area contributed by atoms with Crippen LogP contribution in [0.2, 0.25) is 0 Å². The number of rotatable bonds is 10. The molecule has 0 radical (unpaired) electrons. The molecule has 0 unspecified atom stereocenters. The topological polar surface area (TPSA) is 72.9 Å². The molecule has 29 heavy (non-hydrogen) atoms. The van der Waals surface area contributed by atoms with Gasteiger partial charge in [0.1, 0.15) is 15.8 Å². The van der Waals surface area contributed by atoms with Crippen molar-refractivity contribution in [3.05, 3.63) is 34.8 Å². The highest BCUT2D eigenvalue weighted by atomic mass is 32.2. The van der Waals surface area contributed by atoms with Crippen LogP contribution in [-0.2, 0) is 21.7 Å². The molecule has 0 saturated carbocycles. The summed E-state index contributed by atoms with van der Waals surface area (Å²) in [5.74, 6) is 2.31. The smallest absolute Gasteiger partial charge is 0.226 e. The number of ether oxygens (including phenoxy) is 3. The average Bonchev–Trinajstić information content (AvgIpc) is 3.20. The van der Waals surface area contributed by atoms with Crippen molar-refractivity contribution in [3.63, 3.8) is 0 Å². The minimum Gasteiger partial charge on any atom is -0.497 e. The molecule has 1 amide bonds. The van der Waals surface area contributed by atoms with Gasteiger partial charge in [0.2, 0.25) is 5.91 Å². The lowest BCUT2D eigenvalue weighted by molar-refractivity contribution is -0.120. The Hall–Kier alpha value is -1.81. The number of hydrogen-bond acceptors (Lipinski definition) is 8. The number of morpholine rings is 1. The van der Waals surface area contributed by atoms with Crippen molar-refractivity contribution in [2.75, 3.05) is 53.6 Å². The Morgan fingerprint density at radius 3 is 2.66 bits per heavy atom. The summed E-state index contributed by atoms with van der Waals surface area (Å²) >= 11 is 3.21. The van der Waals surface area contributed by atoms with Crippen LogP contribution in [0.15, 0.2) is 27.9 Å². The van der Waals surface area contributed by atoms with Gasteiger partial charge in [0.05, 0.1) is 39.5 Å². The van der Waals surface area contributed by atoms with Crippen molar-refractivity contribution in [2.24, 2.45) is 0 Å². The molecule has 1 aliphatic rings. The van der Waals surface area contributed by atoms with Crippen LogP contribution in [0, 0.1) is 0 Å². The van der Waals surface area contributed by atoms with E-state index in [0.717, 1.165) is 65.7 Å². The van der Waals surface area contributed by atoms with Crippen molar-refractivity contribution in [1.82, 2.24) is 15.2 Å². The molecule has 1 N–H and O–H groups in total. The van der Waals surface area contributed by atoms with Gasteiger partial charge in [-0.15, -0.1) is 11.3 Å². The summed E-state index contributed by atoms with van der Waals surface area (Å²) in [6.07, 6.45) is 0.313. The number of nitrogens with zero attached hydrogens (tertiary/aromatic N) is 2. The largest absolute Gasteiger partial charge is 0.497 e. The van der Waals surface area contributed by atoms with Crippen LogP contribution < -0.4 is 14.8 Å². The SMILES string of the molecule is COc1cc(CSc2nc(CC(=O)NCCN3CCOCC3)cs2)cc(OC)c1. The second-order valence-corrected chi connectivity index (χ2v) is 8.68. The number of carbonyl (C=O) groups excluding carboxylic acids is 1. The predicted molar refractivity (Wildman–Crippen MR) is 115 cm³/mol. The number of amides is 1. The summed E-state index contributed by atoms with van der Waals surface area (Å²) in [6.45, 7) is 4.93. The molecule has 158 valence electrons. The molecular formula is C20H27N3O4S2. The Morgan fingerprint density at radius 2 is 1.97 bits per heavy atom. The maximum Gasteiger partial charge on any atom is 0.226 e. The van der Waals surface area contributed by atoms with Crippen LogP contribution in [0.5, 0.6) is 11.5 Å². The van der Waals surface area contributed by atoms with E-state index in [0.29, 0.717) is 13.0 Å². The number of benzene rings is 1. The fourth-order valence-corrected chi connectivity index (χ4v) is 4.71. The van der Waals surface area contributed by atoms with Gasteiger partial charge in [-0.25, -0.2) is 4.98 Å². The number of hydrogen-bond donors (Lipinski definition) is 1. The molecule has 1 saturated heterocycles. The van der Waals surface area contributed by atoms with E-state index in [4.69, 9.17) is 14.2 Å². The predicted octanol–water partition coefficient (Wildman–Crippen LogP) is 2.44. The zero-order valence-electron chi connectivity index (χ0n) is 16.8. The summed E-state index contributed by atoms with van der Waals surface area (Å²) < 4.78 is 16.9. The number of nitrogens with one attached hydrogen (secondary N) is 1. The van der Waals surface area contributed by atoms with Crippen LogP contribution in [0.4, 0.5) is 0 Å². The third kappa shape index (κ3) is 7.18. The first-order chi connectivity index (χ1) is 14.2. The number of methoxy groups -OCH3 is 2. The second kappa shape index (κ2) is 11.4. The van der Waals surface area contributed by atoms with E-state index in [1.165, 1.54) is 0 Å². The minimum absolute atomic E-state index is 0.0117. The van der Waals surface area contributed by atoms with Gasteiger partial charge >= 0.3 is 0 Å². The molecule has 2 heterocycles. The highest BCUT2D eigenvalue weighted by Gasteiger charge is 2.12. The molecule has 1 aliphatic heterocycles. The molecule has 0 spiro atoms. The number of aromatic nitrogens is 1. The molecule has 0 aliphatic carbocycles. The van der Waals surface area contributed by atoms with Gasteiger partial charge in [-0.2, -0.15) is 0 Å². The Morgan fingerprint density at radius 1 is 1.24 bits per heavy atom. The summed E-state index contributed by atoms with van der Waals surface area (Å²) in [5.41, 5.74) is 1.91. The van der Waals surface area contributed by atoms with Crippen molar-refractivity contribution in [3.8, 4) is 11.5 Å². The zero-order chi connectivity index (χ0) is 20.5. The first-order valence-electron chi connectivity index (χ1n) is 9.52. The Bertz CT molecular complexity index is 772. The maximum absolute atomic E-state index is 12.2. The number of thioether (sulfide) groups is 1. The molecule has 7 nitrogen and oxygen atoms in total. The van der Waals surface area contributed by atoms with Gasteiger partial charge in [-0.3, -0.25) is 9.69 Å². The fraction of sp³-hybridized carbons (Fsp3) is 0.500. The summed E-state index contributed by atoms with van der Waals surface area (Å²) in [7, 11) is 3.29. The number of thiazole rings is 1. The van der Waals surface area contributed by atoms with E-state index in [1.807, 2.05) is 23.6 Å². The summed E-state index contributed by atoms with van der Waals surface area (Å²) in [6, 6.07) is 5.84. The standard InChI is InChI=1S/C20H27N3O4S2/c1-25-17-9-15(10-18(12-17)26-2)13-28-20-22-16(14-29-20)11-19(24)21-3-4-23-5-7-27-8-6-23/h9-10,12,14H,3-8,11,13H2,1-2H3,(H,21,24).